The maximum Gasteiger partial charge on any atom is 0.326 e. The van der Waals surface area contributed by atoms with E-state index in [1.807, 2.05) is 0 Å². The number of thiazole rings is 1. The van der Waals surface area contributed by atoms with E-state index in [1.165, 1.54) is 49.8 Å². The minimum atomic E-state index is -3.56. The molecule has 35 heavy (non-hydrogen) atoms. The molecule has 0 N–H and O–H groups in total. The molecule has 3 rings (SSSR count). The number of fused-ring (bicyclic) bond motifs is 1. The molecule has 0 atom stereocenters. The first-order chi connectivity index (χ1) is 16.7. The maximum atomic E-state index is 12.6. The van der Waals surface area contributed by atoms with Gasteiger partial charge >= 0.3 is 5.97 Å². The van der Waals surface area contributed by atoms with Crippen molar-refractivity contribution in [2.24, 2.45) is 4.99 Å². The van der Waals surface area contributed by atoms with Gasteiger partial charge in [-0.3, -0.25) is 9.59 Å². The van der Waals surface area contributed by atoms with Gasteiger partial charge in [0.2, 0.25) is 5.91 Å². The van der Waals surface area contributed by atoms with Gasteiger partial charge in [-0.25, -0.2) is 8.42 Å². The van der Waals surface area contributed by atoms with Gasteiger partial charge in [0.15, 0.2) is 26.1 Å². The Hall–Kier alpha value is -2.89. The number of esters is 1. The Balaban J connectivity index is 1.86. The summed E-state index contributed by atoms with van der Waals surface area (Å²) in [6.45, 7) is 1.77. The number of sulfone groups is 1. The first-order valence-electron chi connectivity index (χ1n) is 10.7. The Morgan fingerprint density at radius 1 is 1.09 bits per heavy atom. The number of rotatable bonds is 10. The fraction of sp³-hybridized carbons (Fsp3) is 0.348. The lowest BCUT2D eigenvalue weighted by molar-refractivity contribution is -0.143. The fourth-order valence-corrected chi connectivity index (χ4v) is 5.80. The monoisotopic (exact) mass is 540 g/mol. The van der Waals surface area contributed by atoms with Crippen LogP contribution < -0.4 is 14.3 Å². The van der Waals surface area contributed by atoms with Crippen LogP contribution in [0.4, 0.5) is 0 Å². The van der Waals surface area contributed by atoms with Gasteiger partial charge in [0.25, 0.3) is 0 Å². The molecule has 0 aliphatic rings. The molecular weight excluding hydrogens is 516 g/mol. The molecule has 0 aliphatic carbocycles. The standard InChI is InChI=1S/C23H25ClN2O7S2/c1-4-33-22(28)14-26-17-12-18(31-2)19(32-3)13-20(17)34-23(26)25-21(27)6-5-11-35(29,30)16-9-7-15(24)8-10-16/h7-10,12-13H,4-6,11,14H2,1-3H3. The van der Waals surface area contributed by atoms with Crippen LogP contribution in [0.1, 0.15) is 19.8 Å². The first-order valence-corrected chi connectivity index (χ1v) is 13.5. The quantitative estimate of drug-likeness (QED) is 0.361. The third kappa shape index (κ3) is 6.62. The molecule has 0 radical (unpaired) electrons. The Labute approximate surface area is 211 Å². The Morgan fingerprint density at radius 3 is 2.37 bits per heavy atom. The lowest BCUT2D eigenvalue weighted by atomic mass is 10.3. The maximum absolute atomic E-state index is 12.6. The van der Waals surface area contributed by atoms with E-state index in [0.29, 0.717) is 22.0 Å². The zero-order valence-electron chi connectivity index (χ0n) is 19.4. The van der Waals surface area contributed by atoms with E-state index in [-0.39, 0.29) is 41.4 Å². The molecule has 9 nitrogen and oxygen atoms in total. The number of methoxy groups -OCH3 is 2. The minimum absolute atomic E-state index is 0.0763. The van der Waals surface area contributed by atoms with Crippen molar-refractivity contribution >= 4 is 54.9 Å². The highest BCUT2D eigenvalue weighted by atomic mass is 35.5. The van der Waals surface area contributed by atoms with E-state index in [9.17, 15) is 18.0 Å². The fourth-order valence-electron chi connectivity index (χ4n) is 3.31. The number of ether oxygens (including phenoxy) is 3. The Kier molecular flexibility index (Phi) is 8.92. The van der Waals surface area contributed by atoms with Crippen LogP contribution in [0, 0.1) is 0 Å². The number of hydrogen-bond acceptors (Lipinski definition) is 8. The molecule has 0 fully saturated rings. The van der Waals surface area contributed by atoms with E-state index < -0.39 is 21.7 Å². The van der Waals surface area contributed by atoms with Crippen molar-refractivity contribution in [3.63, 3.8) is 0 Å². The van der Waals surface area contributed by atoms with Crippen LogP contribution in [0.25, 0.3) is 10.2 Å². The van der Waals surface area contributed by atoms with Gasteiger partial charge in [0.1, 0.15) is 6.54 Å². The number of aromatic nitrogens is 1. The molecule has 0 unspecified atom stereocenters. The summed E-state index contributed by atoms with van der Waals surface area (Å²) in [5.74, 6) is -0.237. The molecule has 0 saturated heterocycles. The van der Waals surface area contributed by atoms with Crippen molar-refractivity contribution in [2.75, 3.05) is 26.6 Å². The number of amides is 1. The van der Waals surface area contributed by atoms with Crippen molar-refractivity contribution in [3.05, 3.63) is 46.2 Å². The molecule has 0 bridgehead atoms. The molecule has 1 aromatic heterocycles. The van der Waals surface area contributed by atoms with Crippen molar-refractivity contribution in [1.29, 1.82) is 0 Å². The molecule has 188 valence electrons. The molecule has 3 aromatic rings. The summed E-state index contributed by atoms with van der Waals surface area (Å²) in [5.41, 5.74) is 0.623. The van der Waals surface area contributed by atoms with Crippen LogP contribution in [0.3, 0.4) is 0 Å². The average molecular weight is 541 g/mol. The number of carbonyl (C=O) groups excluding carboxylic acids is 2. The summed E-state index contributed by atoms with van der Waals surface area (Å²) in [6, 6.07) is 9.31. The molecule has 1 amide bonds. The predicted octanol–water partition coefficient (Wildman–Crippen LogP) is 3.62. The molecule has 0 aliphatic heterocycles. The number of benzene rings is 2. The lowest BCUT2D eigenvalue weighted by Gasteiger charge is -2.09. The molecule has 1 heterocycles. The second-order valence-corrected chi connectivity index (χ2v) is 10.9. The van der Waals surface area contributed by atoms with E-state index in [4.69, 9.17) is 25.8 Å². The van der Waals surface area contributed by atoms with E-state index in [2.05, 4.69) is 4.99 Å². The Bertz CT molecular complexity index is 1390. The number of halogens is 1. The SMILES string of the molecule is CCOC(=O)Cn1c(=NC(=O)CCCS(=O)(=O)c2ccc(Cl)cc2)sc2cc(OC)c(OC)cc21. The van der Waals surface area contributed by atoms with Crippen LogP contribution >= 0.6 is 22.9 Å². The van der Waals surface area contributed by atoms with Crippen molar-refractivity contribution < 1.29 is 32.2 Å². The van der Waals surface area contributed by atoms with Gasteiger partial charge in [-0.2, -0.15) is 4.99 Å². The number of hydrogen-bond donors (Lipinski definition) is 0. The summed E-state index contributed by atoms with van der Waals surface area (Å²) < 4.78 is 43.1. The van der Waals surface area contributed by atoms with Gasteiger partial charge in [-0.1, -0.05) is 22.9 Å². The van der Waals surface area contributed by atoms with Gasteiger partial charge in [-0.05, 0) is 37.6 Å². The van der Waals surface area contributed by atoms with Crippen LogP contribution in [0.2, 0.25) is 5.02 Å². The first kappa shape index (κ1) is 26.7. The largest absolute Gasteiger partial charge is 0.493 e. The molecule has 2 aromatic carbocycles. The van der Waals surface area contributed by atoms with Crippen molar-refractivity contribution in [2.45, 2.75) is 31.2 Å². The highest BCUT2D eigenvalue weighted by Gasteiger charge is 2.17. The third-order valence-corrected chi connectivity index (χ3v) is 8.09. The highest BCUT2D eigenvalue weighted by molar-refractivity contribution is 7.91. The topological polar surface area (TPSA) is 113 Å². The summed E-state index contributed by atoms with van der Waals surface area (Å²) in [4.78, 5) is 29.4. The van der Waals surface area contributed by atoms with Gasteiger partial charge < -0.3 is 18.8 Å². The third-order valence-electron chi connectivity index (χ3n) is 4.98. The molecule has 0 saturated carbocycles. The van der Waals surface area contributed by atoms with Crippen molar-refractivity contribution in [1.82, 2.24) is 4.57 Å². The Morgan fingerprint density at radius 2 is 1.74 bits per heavy atom. The zero-order valence-corrected chi connectivity index (χ0v) is 21.8. The number of nitrogens with zero attached hydrogens (tertiary/aromatic N) is 2. The summed E-state index contributed by atoms with van der Waals surface area (Å²) in [5, 5.41) is 0.438. The van der Waals surface area contributed by atoms with Crippen LogP contribution in [0.5, 0.6) is 11.5 Å². The van der Waals surface area contributed by atoms with Crippen LogP contribution in [-0.4, -0.2) is 51.4 Å². The second-order valence-electron chi connectivity index (χ2n) is 7.33. The smallest absolute Gasteiger partial charge is 0.326 e. The van der Waals surface area contributed by atoms with Crippen LogP contribution in [-0.2, 0) is 30.7 Å². The minimum Gasteiger partial charge on any atom is -0.493 e. The number of carbonyl (C=O) groups is 2. The normalized spacial score (nSPS) is 12.1. The summed E-state index contributed by atoms with van der Waals surface area (Å²) in [7, 11) is -0.547. The van der Waals surface area contributed by atoms with Gasteiger partial charge in [-0.15, -0.1) is 0 Å². The van der Waals surface area contributed by atoms with Gasteiger partial charge in [0, 0.05) is 23.6 Å². The van der Waals surface area contributed by atoms with E-state index in [1.54, 1.807) is 23.6 Å². The predicted molar refractivity (Wildman–Crippen MR) is 133 cm³/mol. The zero-order chi connectivity index (χ0) is 25.6. The average Bonchev–Trinajstić information content (AvgIpc) is 3.13. The molecule has 12 heteroatoms. The van der Waals surface area contributed by atoms with E-state index >= 15 is 0 Å². The second kappa shape index (κ2) is 11.7. The van der Waals surface area contributed by atoms with Gasteiger partial charge in [0.05, 0.1) is 41.7 Å². The summed E-state index contributed by atoms with van der Waals surface area (Å²) in [6.07, 6.45) is 0.0187. The van der Waals surface area contributed by atoms with Crippen molar-refractivity contribution in [3.8, 4) is 11.5 Å². The molecular formula is C23H25ClN2O7S2. The highest BCUT2D eigenvalue weighted by Crippen LogP contribution is 2.33. The van der Waals surface area contributed by atoms with E-state index in [0.717, 1.165) is 4.70 Å². The van der Waals surface area contributed by atoms with Crippen LogP contribution in [0.15, 0.2) is 46.3 Å². The lowest BCUT2D eigenvalue weighted by Crippen LogP contribution is -2.23. The molecule has 0 spiro atoms. The summed E-state index contributed by atoms with van der Waals surface area (Å²) >= 11 is 7.01.